The van der Waals surface area contributed by atoms with Gasteiger partial charge in [0.15, 0.2) is 11.6 Å². The fourth-order valence-electron chi connectivity index (χ4n) is 1.86. The van der Waals surface area contributed by atoms with Crippen LogP contribution in [0.4, 0.5) is 8.78 Å². The fourth-order valence-corrected chi connectivity index (χ4v) is 2.74. The van der Waals surface area contributed by atoms with Crippen molar-refractivity contribution in [2.45, 2.75) is 13.0 Å². The molecule has 2 rings (SSSR count). The number of rotatable bonds is 3. The first-order chi connectivity index (χ1) is 8.13. The lowest BCUT2D eigenvalue weighted by Crippen LogP contribution is -2.18. The van der Waals surface area contributed by atoms with Crippen LogP contribution in [0, 0.1) is 18.6 Å². The van der Waals surface area contributed by atoms with Crippen LogP contribution in [-0.4, -0.2) is 7.05 Å². The molecule has 0 radical (unpaired) electrons. The van der Waals surface area contributed by atoms with Crippen molar-refractivity contribution in [2.24, 2.45) is 0 Å². The minimum Gasteiger partial charge on any atom is -0.309 e. The number of thiophene rings is 1. The number of benzene rings is 1. The molecule has 1 nitrogen and oxygen atoms in total. The Balaban J connectivity index is 2.42. The van der Waals surface area contributed by atoms with E-state index in [-0.39, 0.29) is 6.04 Å². The summed E-state index contributed by atoms with van der Waals surface area (Å²) in [5.74, 6) is -1.62. The van der Waals surface area contributed by atoms with Crippen LogP contribution in [0.3, 0.4) is 0 Å². The molecule has 1 heterocycles. The molecule has 2 aromatic rings. The molecule has 0 fully saturated rings. The Hall–Kier alpha value is -1.26. The molecule has 1 unspecified atom stereocenters. The maximum atomic E-state index is 13.2. The van der Waals surface area contributed by atoms with Crippen LogP contribution in [0.25, 0.3) is 0 Å². The van der Waals surface area contributed by atoms with Gasteiger partial charge < -0.3 is 5.32 Å². The van der Waals surface area contributed by atoms with Gasteiger partial charge in [-0.05, 0) is 53.6 Å². The van der Waals surface area contributed by atoms with Crippen molar-refractivity contribution in [3.05, 3.63) is 57.3 Å². The van der Waals surface area contributed by atoms with Gasteiger partial charge in [-0.25, -0.2) is 8.78 Å². The van der Waals surface area contributed by atoms with Gasteiger partial charge in [0.1, 0.15) is 0 Å². The lowest BCUT2D eigenvalue weighted by atomic mass is 9.98. The highest BCUT2D eigenvalue weighted by molar-refractivity contribution is 7.08. The summed E-state index contributed by atoms with van der Waals surface area (Å²) in [6.45, 7) is 2.01. The first kappa shape index (κ1) is 12.2. The van der Waals surface area contributed by atoms with E-state index >= 15 is 0 Å². The lowest BCUT2D eigenvalue weighted by molar-refractivity contribution is 0.505. The number of halogens is 2. The third kappa shape index (κ3) is 2.37. The average Bonchev–Trinajstić information content (AvgIpc) is 2.71. The monoisotopic (exact) mass is 253 g/mol. The minimum absolute atomic E-state index is 0.101. The van der Waals surface area contributed by atoms with Crippen LogP contribution >= 0.6 is 11.3 Å². The molecule has 0 aliphatic heterocycles. The first-order valence-corrected chi connectivity index (χ1v) is 6.22. The Kier molecular flexibility index (Phi) is 3.54. The number of hydrogen-bond acceptors (Lipinski definition) is 2. The van der Waals surface area contributed by atoms with E-state index in [1.54, 1.807) is 17.4 Å². The summed E-state index contributed by atoms with van der Waals surface area (Å²) in [6.07, 6.45) is 0. The smallest absolute Gasteiger partial charge is 0.159 e. The van der Waals surface area contributed by atoms with Crippen molar-refractivity contribution < 1.29 is 8.78 Å². The van der Waals surface area contributed by atoms with E-state index in [9.17, 15) is 8.78 Å². The van der Waals surface area contributed by atoms with Gasteiger partial charge in [-0.15, -0.1) is 0 Å². The predicted octanol–water partition coefficient (Wildman–Crippen LogP) is 3.64. The zero-order valence-corrected chi connectivity index (χ0v) is 10.4. The highest BCUT2D eigenvalue weighted by Gasteiger charge is 2.16. The van der Waals surface area contributed by atoms with Gasteiger partial charge in [0.2, 0.25) is 0 Å². The molecular weight excluding hydrogens is 240 g/mol. The van der Waals surface area contributed by atoms with Crippen LogP contribution in [-0.2, 0) is 0 Å². The summed E-state index contributed by atoms with van der Waals surface area (Å²) in [4.78, 5) is 0. The fraction of sp³-hybridized carbons (Fsp3) is 0.231. The first-order valence-electron chi connectivity index (χ1n) is 5.28. The topological polar surface area (TPSA) is 12.0 Å². The Morgan fingerprint density at radius 1 is 1.18 bits per heavy atom. The van der Waals surface area contributed by atoms with E-state index in [0.29, 0.717) is 0 Å². The van der Waals surface area contributed by atoms with Crippen LogP contribution in [0.15, 0.2) is 29.0 Å². The van der Waals surface area contributed by atoms with Crippen LogP contribution in [0.5, 0.6) is 0 Å². The molecule has 4 heteroatoms. The summed E-state index contributed by atoms with van der Waals surface area (Å²) < 4.78 is 26.1. The van der Waals surface area contributed by atoms with Crippen molar-refractivity contribution in [3.8, 4) is 0 Å². The molecule has 0 aliphatic rings. The third-order valence-corrected chi connectivity index (χ3v) is 3.65. The van der Waals surface area contributed by atoms with Crippen LogP contribution < -0.4 is 5.32 Å². The zero-order valence-electron chi connectivity index (χ0n) is 9.63. The quantitative estimate of drug-likeness (QED) is 0.880. The largest absolute Gasteiger partial charge is 0.309 e. The van der Waals surface area contributed by atoms with E-state index in [0.717, 1.165) is 22.8 Å². The minimum atomic E-state index is -0.814. The molecule has 0 aliphatic carbocycles. The normalized spacial score (nSPS) is 12.7. The Morgan fingerprint density at radius 2 is 1.94 bits per heavy atom. The molecule has 1 atom stereocenters. The molecule has 0 bridgehead atoms. The number of hydrogen-bond donors (Lipinski definition) is 1. The van der Waals surface area contributed by atoms with Crippen molar-refractivity contribution in [2.75, 3.05) is 7.05 Å². The summed E-state index contributed by atoms with van der Waals surface area (Å²) in [7, 11) is 1.81. The highest BCUT2D eigenvalue weighted by Crippen LogP contribution is 2.28. The second-order valence-corrected chi connectivity index (χ2v) is 4.65. The van der Waals surface area contributed by atoms with Gasteiger partial charge in [-0.2, -0.15) is 11.3 Å². The Morgan fingerprint density at radius 3 is 2.47 bits per heavy atom. The summed E-state index contributed by atoms with van der Waals surface area (Å²) in [6, 6.07) is 3.91. The van der Waals surface area contributed by atoms with Gasteiger partial charge in [-0.3, -0.25) is 0 Å². The van der Waals surface area contributed by atoms with Crippen molar-refractivity contribution in [1.29, 1.82) is 0 Å². The van der Waals surface area contributed by atoms with Crippen molar-refractivity contribution >= 4 is 11.3 Å². The Labute approximate surface area is 103 Å². The van der Waals surface area contributed by atoms with E-state index in [2.05, 4.69) is 5.32 Å². The van der Waals surface area contributed by atoms with E-state index < -0.39 is 11.6 Å². The molecular formula is C13H13F2NS. The van der Waals surface area contributed by atoms with Crippen LogP contribution in [0.1, 0.15) is 22.7 Å². The SMILES string of the molecule is CNC(c1ccc(F)c(F)c1)c1cscc1C. The van der Waals surface area contributed by atoms with Gasteiger partial charge in [0.05, 0.1) is 6.04 Å². The number of aryl methyl sites for hydroxylation is 1. The molecule has 1 aromatic carbocycles. The zero-order chi connectivity index (χ0) is 12.4. The van der Waals surface area contributed by atoms with E-state index in [4.69, 9.17) is 0 Å². The molecule has 90 valence electrons. The molecule has 0 saturated carbocycles. The summed E-state index contributed by atoms with van der Waals surface area (Å²) in [5, 5.41) is 7.19. The molecule has 17 heavy (non-hydrogen) atoms. The average molecular weight is 253 g/mol. The van der Waals surface area contributed by atoms with Gasteiger partial charge in [0.25, 0.3) is 0 Å². The highest BCUT2D eigenvalue weighted by atomic mass is 32.1. The van der Waals surface area contributed by atoms with Gasteiger partial charge in [0, 0.05) is 0 Å². The van der Waals surface area contributed by atoms with Gasteiger partial charge >= 0.3 is 0 Å². The molecule has 0 saturated heterocycles. The van der Waals surface area contributed by atoms with Crippen LogP contribution in [0.2, 0.25) is 0 Å². The van der Waals surface area contributed by atoms with Gasteiger partial charge in [-0.1, -0.05) is 6.07 Å². The lowest BCUT2D eigenvalue weighted by Gasteiger charge is -2.17. The maximum Gasteiger partial charge on any atom is 0.159 e. The molecule has 0 amide bonds. The predicted molar refractivity (Wildman–Crippen MR) is 66.3 cm³/mol. The Bertz CT molecular complexity index is 522. The summed E-state index contributed by atoms with van der Waals surface area (Å²) in [5.41, 5.74) is 2.98. The summed E-state index contributed by atoms with van der Waals surface area (Å²) >= 11 is 1.60. The second kappa shape index (κ2) is 4.94. The maximum absolute atomic E-state index is 13.2. The molecule has 0 spiro atoms. The molecule has 1 aromatic heterocycles. The third-order valence-electron chi connectivity index (χ3n) is 2.77. The van der Waals surface area contributed by atoms with E-state index in [1.807, 2.05) is 24.7 Å². The van der Waals surface area contributed by atoms with Crippen molar-refractivity contribution in [1.82, 2.24) is 5.32 Å². The number of nitrogens with one attached hydrogen (secondary N) is 1. The van der Waals surface area contributed by atoms with E-state index in [1.165, 1.54) is 6.07 Å². The second-order valence-electron chi connectivity index (χ2n) is 3.91. The molecule has 1 N–H and O–H groups in total. The van der Waals surface area contributed by atoms with Crippen molar-refractivity contribution in [3.63, 3.8) is 0 Å². The standard InChI is InChI=1S/C13H13F2NS/c1-8-6-17-7-10(8)13(16-2)9-3-4-11(14)12(15)5-9/h3-7,13,16H,1-2H3.